The Balaban J connectivity index is 2.15. The maximum atomic E-state index is 11.7. The van der Waals surface area contributed by atoms with E-state index in [0.29, 0.717) is 15.9 Å². The number of hydrogen-bond acceptors (Lipinski definition) is 3. The first kappa shape index (κ1) is 9.85. The molecule has 2 aromatic rings. The summed E-state index contributed by atoms with van der Waals surface area (Å²) in [5, 5.41) is 9.02. The molecule has 0 aliphatic heterocycles. The molecule has 0 aromatic carbocycles. The Morgan fingerprint density at radius 3 is 3.07 bits per heavy atom. The van der Waals surface area contributed by atoms with Gasteiger partial charge in [-0.2, -0.15) is 5.10 Å². The molecule has 0 spiro atoms. The molecule has 5 nitrogen and oxygen atoms in total. The van der Waals surface area contributed by atoms with Crippen molar-refractivity contribution in [2.24, 2.45) is 0 Å². The van der Waals surface area contributed by atoms with Crippen LogP contribution in [0, 0.1) is 0 Å². The molecule has 0 bridgehead atoms. The quantitative estimate of drug-likeness (QED) is 0.815. The van der Waals surface area contributed by atoms with E-state index in [1.54, 1.807) is 24.5 Å². The van der Waals surface area contributed by atoms with Crippen molar-refractivity contribution < 1.29 is 4.79 Å². The fourth-order valence-electron chi connectivity index (χ4n) is 1.07. The lowest BCUT2D eigenvalue weighted by molar-refractivity contribution is 0.102. The summed E-state index contributed by atoms with van der Waals surface area (Å²) in [5.74, 6) is -0.195. The number of aromatic amines is 1. The lowest BCUT2D eigenvalue weighted by atomic mass is 10.2. The fourth-order valence-corrected chi connectivity index (χ4v) is 1.43. The van der Waals surface area contributed by atoms with Gasteiger partial charge in [0.1, 0.15) is 4.60 Å². The Labute approximate surface area is 94.0 Å². The predicted molar refractivity (Wildman–Crippen MR) is 58.5 cm³/mol. The minimum Gasteiger partial charge on any atom is -0.319 e. The number of hydrogen-bond donors (Lipinski definition) is 2. The third kappa shape index (κ3) is 2.41. The van der Waals surface area contributed by atoms with E-state index in [0.717, 1.165) is 0 Å². The molecule has 0 saturated heterocycles. The van der Waals surface area contributed by atoms with Gasteiger partial charge in [0.15, 0.2) is 0 Å². The Morgan fingerprint density at radius 2 is 2.40 bits per heavy atom. The number of rotatable bonds is 2. The molecule has 0 radical (unpaired) electrons. The van der Waals surface area contributed by atoms with Crippen LogP contribution in [0.4, 0.5) is 5.69 Å². The SMILES string of the molecule is O=C(Nc1cn[nH]c1)c1ccnc(Br)c1. The lowest BCUT2D eigenvalue weighted by Crippen LogP contribution is -2.11. The number of carbonyl (C=O) groups excluding carboxylic acids is 1. The van der Waals surface area contributed by atoms with E-state index in [2.05, 4.69) is 36.4 Å². The van der Waals surface area contributed by atoms with Gasteiger partial charge in [-0.3, -0.25) is 9.89 Å². The highest BCUT2D eigenvalue weighted by Crippen LogP contribution is 2.10. The van der Waals surface area contributed by atoms with Gasteiger partial charge < -0.3 is 5.32 Å². The van der Waals surface area contributed by atoms with Crippen molar-refractivity contribution in [3.05, 3.63) is 40.9 Å². The van der Waals surface area contributed by atoms with E-state index in [1.807, 2.05) is 0 Å². The fraction of sp³-hybridized carbons (Fsp3) is 0. The number of aromatic nitrogens is 3. The second kappa shape index (κ2) is 4.22. The Morgan fingerprint density at radius 1 is 1.53 bits per heavy atom. The standard InChI is InChI=1S/C9H7BrN4O/c10-8-3-6(1-2-11-8)9(15)14-7-4-12-13-5-7/h1-5H,(H,12,13)(H,14,15). The summed E-state index contributed by atoms with van der Waals surface area (Å²) in [7, 11) is 0. The summed E-state index contributed by atoms with van der Waals surface area (Å²) < 4.78 is 0.627. The number of anilines is 1. The van der Waals surface area contributed by atoms with Crippen LogP contribution in [-0.2, 0) is 0 Å². The molecule has 6 heteroatoms. The highest BCUT2D eigenvalue weighted by atomic mass is 79.9. The van der Waals surface area contributed by atoms with Crippen LogP contribution in [0.5, 0.6) is 0 Å². The molecular formula is C9H7BrN4O. The summed E-state index contributed by atoms with van der Waals surface area (Å²) in [6, 6.07) is 3.29. The number of H-pyrrole nitrogens is 1. The number of nitrogens with one attached hydrogen (secondary N) is 2. The largest absolute Gasteiger partial charge is 0.319 e. The topological polar surface area (TPSA) is 70.7 Å². The van der Waals surface area contributed by atoms with Crippen LogP contribution in [0.3, 0.4) is 0 Å². The second-order valence-corrected chi connectivity index (χ2v) is 3.62. The number of carbonyl (C=O) groups is 1. The Bertz CT molecular complexity index is 469. The summed E-state index contributed by atoms with van der Waals surface area (Å²) in [6.45, 7) is 0. The molecule has 2 heterocycles. The molecule has 0 fully saturated rings. The Hall–Kier alpha value is -1.69. The lowest BCUT2D eigenvalue weighted by Gasteiger charge is -2.01. The van der Waals surface area contributed by atoms with Crippen LogP contribution >= 0.6 is 15.9 Å². The molecule has 0 aliphatic carbocycles. The molecule has 2 rings (SSSR count). The zero-order chi connectivity index (χ0) is 10.7. The summed E-state index contributed by atoms with van der Waals surface area (Å²) in [4.78, 5) is 15.6. The van der Waals surface area contributed by atoms with Crippen molar-refractivity contribution in [3.63, 3.8) is 0 Å². The maximum Gasteiger partial charge on any atom is 0.255 e. The van der Waals surface area contributed by atoms with Gasteiger partial charge in [-0.1, -0.05) is 0 Å². The van der Waals surface area contributed by atoms with Gasteiger partial charge in [0, 0.05) is 18.0 Å². The van der Waals surface area contributed by atoms with Gasteiger partial charge in [0.2, 0.25) is 0 Å². The summed E-state index contributed by atoms with van der Waals surface area (Å²) >= 11 is 3.20. The van der Waals surface area contributed by atoms with Gasteiger partial charge in [-0.25, -0.2) is 4.98 Å². The average Bonchev–Trinajstić information content (AvgIpc) is 2.70. The van der Waals surface area contributed by atoms with Crippen LogP contribution < -0.4 is 5.32 Å². The maximum absolute atomic E-state index is 11.7. The molecule has 0 unspecified atom stereocenters. The molecule has 15 heavy (non-hydrogen) atoms. The van der Waals surface area contributed by atoms with Crippen LogP contribution in [0.2, 0.25) is 0 Å². The first-order valence-electron chi connectivity index (χ1n) is 4.17. The first-order chi connectivity index (χ1) is 7.25. The zero-order valence-electron chi connectivity index (χ0n) is 7.57. The molecule has 0 atom stereocenters. The van der Waals surface area contributed by atoms with E-state index in [-0.39, 0.29) is 5.91 Å². The molecule has 1 amide bonds. The molecule has 76 valence electrons. The molecule has 2 N–H and O–H groups in total. The van der Waals surface area contributed by atoms with Crippen LogP contribution in [0.25, 0.3) is 0 Å². The van der Waals surface area contributed by atoms with E-state index < -0.39 is 0 Å². The summed E-state index contributed by atoms with van der Waals surface area (Å²) in [6.07, 6.45) is 4.70. The van der Waals surface area contributed by atoms with Gasteiger partial charge in [0.25, 0.3) is 5.91 Å². The second-order valence-electron chi connectivity index (χ2n) is 2.81. The predicted octanol–water partition coefficient (Wildman–Crippen LogP) is 1.82. The van der Waals surface area contributed by atoms with E-state index in [4.69, 9.17) is 0 Å². The summed E-state index contributed by atoms with van der Waals surface area (Å²) in [5.41, 5.74) is 1.17. The van der Waals surface area contributed by atoms with Crippen LogP contribution in [0.15, 0.2) is 35.3 Å². The van der Waals surface area contributed by atoms with Crippen molar-refractivity contribution >= 4 is 27.5 Å². The molecule has 0 aliphatic rings. The van der Waals surface area contributed by atoms with Crippen molar-refractivity contribution in [2.45, 2.75) is 0 Å². The van der Waals surface area contributed by atoms with Gasteiger partial charge in [-0.15, -0.1) is 0 Å². The third-order valence-corrected chi connectivity index (χ3v) is 2.18. The van der Waals surface area contributed by atoms with Crippen LogP contribution in [-0.4, -0.2) is 21.1 Å². The minimum absolute atomic E-state index is 0.195. The van der Waals surface area contributed by atoms with Crippen molar-refractivity contribution in [3.8, 4) is 0 Å². The molecule has 0 saturated carbocycles. The molecular weight excluding hydrogens is 260 g/mol. The number of halogens is 1. The van der Waals surface area contributed by atoms with Crippen molar-refractivity contribution in [1.82, 2.24) is 15.2 Å². The van der Waals surface area contributed by atoms with Gasteiger partial charge >= 0.3 is 0 Å². The zero-order valence-corrected chi connectivity index (χ0v) is 9.15. The van der Waals surface area contributed by atoms with E-state index in [1.165, 1.54) is 6.20 Å². The Kier molecular flexibility index (Phi) is 2.77. The number of nitrogens with zero attached hydrogens (tertiary/aromatic N) is 2. The minimum atomic E-state index is -0.195. The number of pyridine rings is 1. The third-order valence-electron chi connectivity index (χ3n) is 1.74. The van der Waals surface area contributed by atoms with Crippen molar-refractivity contribution in [1.29, 1.82) is 0 Å². The smallest absolute Gasteiger partial charge is 0.255 e. The van der Waals surface area contributed by atoms with Gasteiger partial charge in [0.05, 0.1) is 11.9 Å². The van der Waals surface area contributed by atoms with E-state index >= 15 is 0 Å². The van der Waals surface area contributed by atoms with Gasteiger partial charge in [-0.05, 0) is 28.1 Å². The highest BCUT2D eigenvalue weighted by Gasteiger charge is 2.06. The molecule has 2 aromatic heterocycles. The van der Waals surface area contributed by atoms with Crippen LogP contribution in [0.1, 0.15) is 10.4 Å². The van der Waals surface area contributed by atoms with Crippen molar-refractivity contribution in [2.75, 3.05) is 5.32 Å². The van der Waals surface area contributed by atoms with E-state index in [9.17, 15) is 4.79 Å². The average molecular weight is 267 g/mol. The normalized spacial score (nSPS) is 9.93. The first-order valence-corrected chi connectivity index (χ1v) is 4.97. The number of amides is 1. The monoisotopic (exact) mass is 266 g/mol. The highest BCUT2D eigenvalue weighted by molar-refractivity contribution is 9.10.